The van der Waals surface area contributed by atoms with Crippen molar-refractivity contribution in [3.05, 3.63) is 23.8 Å². The molecule has 1 aromatic carbocycles. The van der Waals surface area contributed by atoms with E-state index in [2.05, 4.69) is 17.0 Å². The van der Waals surface area contributed by atoms with Gasteiger partial charge in [-0.25, -0.2) is 9.59 Å². The zero-order valence-corrected chi connectivity index (χ0v) is 15.2. The lowest BCUT2D eigenvalue weighted by Gasteiger charge is -2.09. The quantitative estimate of drug-likeness (QED) is 0.337. The number of carbonyl (C=O) groups is 2. The summed E-state index contributed by atoms with van der Waals surface area (Å²) in [4.78, 5) is 23.2. The van der Waals surface area contributed by atoms with Gasteiger partial charge >= 0.3 is 12.1 Å². The molecule has 0 saturated heterocycles. The summed E-state index contributed by atoms with van der Waals surface area (Å²) in [7, 11) is 1.22. The van der Waals surface area contributed by atoms with Gasteiger partial charge in [0.2, 0.25) is 0 Å². The van der Waals surface area contributed by atoms with Gasteiger partial charge in [-0.2, -0.15) is 0 Å². The maximum Gasteiger partial charge on any atom is 0.411 e. The minimum absolute atomic E-state index is 0.0108. The van der Waals surface area contributed by atoms with Crippen molar-refractivity contribution >= 4 is 17.7 Å². The van der Waals surface area contributed by atoms with Crippen molar-refractivity contribution in [2.75, 3.05) is 19.0 Å². The van der Waals surface area contributed by atoms with Crippen molar-refractivity contribution in [2.45, 2.75) is 58.3 Å². The van der Waals surface area contributed by atoms with Crippen LogP contribution in [0.1, 0.15) is 68.6 Å². The lowest BCUT2D eigenvalue weighted by molar-refractivity contribution is 0.0597. The molecular weight excluding hydrogens is 322 g/mol. The number of nitrogens with one attached hydrogen (secondary N) is 1. The van der Waals surface area contributed by atoms with Crippen molar-refractivity contribution in [1.82, 2.24) is 0 Å². The van der Waals surface area contributed by atoms with Crippen LogP contribution in [0.25, 0.3) is 0 Å². The van der Waals surface area contributed by atoms with Crippen LogP contribution in [0, 0.1) is 0 Å². The highest BCUT2D eigenvalue weighted by molar-refractivity contribution is 5.95. The summed E-state index contributed by atoms with van der Waals surface area (Å²) in [6.45, 7) is 2.57. The van der Waals surface area contributed by atoms with E-state index in [-0.39, 0.29) is 11.3 Å². The summed E-state index contributed by atoms with van der Waals surface area (Å²) >= 11 is 0. The SMILES string of the molecule is CCCCCCCCCCOC(=O)Nc1ccc(O)c(C(=O)OC)c1. The van der Waals surface area contributed by atoms with Crippen molar-refractivity contribution in [3.63, 3.8) is 0 Å². The molecule has 0 unspecified atom stereocenters. The van der Waals surface area contributed by atoms with Gasteiger partial charge in [0.1, 0.15) is 11.3 Å². The number of unbranched alkanes of at least 4 members (excludes halogenated alkanes) is 7. The number of hydrogen-bond donors (Lipinski definition) is 2. The average molecular weight is 351 g/mol. The van der Waals surface area contributed by atoms with Crippen LogP contribution in [-0.4, -0.2) is 30.9 Å². The Labute approximate surface area is 149 Å². The Balaban J connectivity index is 2.23. The molecule has 0 aliphatic heterocycles. The van der Waals surface area contributed by atoms with Crippen LogP contribution in [-0.2, 0) is 9.47 Å². The molecule has 0 aliphatic carbocycles. The van der Waals surface area contributed by atoms with E-state index in [1.54, 1.807) is 0 Å². The van der Waals surface area contributed by atoms with E-state index in [1.165, 1.54) is 57.4 Å². The minimum Gasteiger partial charge on any atom is -0.507 e. The summed E-state index contributed by atoms with van der Waals surface area (Å²) in [6.07, 6.45) is 8.84. The number of ether oxygens (including phenoxy) is 2. The summed E-state index contributed by atoms with van der Waals surface area (Å²) in [5.74, 6) is -0.877. The largest absolute Gasteiger partial charge is 0.507 e. The van der Waals surface area contributed by atoms with Gasteiger partial charge in [0.05, 0.1) is 13.7 Å². The molecule has 0 saturated carbocycles. The second kappa shape index (κ2) is 12.2. The average Bonchev–Trinajstić information content (AvgIpc) is 2.61. The molecule has 1 rings (SSSR count). The Morgan fingerprint density at radius 3 is 2.32 bits per heavy atom. The van der Waals surface area contributed by atoms with Crippen molar-refractivity contribution in [3.8, 4) is 5.75 Å². The fourth-order valence-corrected chi connectivity index (χ4v) is 2.44. The van der Waals surface area contributed by atoms with Gasteiger partial charge in [0.25, 0.3) is 0 Å². The third kappa shape index (κ3) is 8.42. The zero-order valence-electron chi connectivity index (χ0n) is 15.2. The first-order chi connectivity index (χ1) is 12.1. The van der Waals surface area contributed by atoms with Gasteiger partial charge in [-0.3, -0.25) is 5.32 Å². The summed E-state index contributed by atoms with van der Waals surface area (Å²) in [6, 6.07) is 4.15. The number of phenolic OH excluding ortho intramolecular Hbond substituents is 1. The van der Waals surface area contributed by atoms with Crippen LogP contribution in [0.4, 0.5) is 10.5 Å². The summed E-state index contributed by atoms with van der Waals surface area (Å²) < 4.78 is 9.69. The first kappa shape index (κ1) is 20.8. The molecule has 140 valence electrons. The zero-order chi connectivity index (χ0) is 18.5. The standard InChI is InChI=1S/C19H29NO5/c1-3-4-5-6-7-8-9-10-13-25-19(23)20-15-11-12-17(21)16(14-15)18(22)24-2/h11-12,14,21H,3-10,13H2,1-2H3,(H,20,23). The van der Waals surface area contributed by atoms with Crippen LogP contribution in [0.5, 0.6) is 5.75 Å². The molecule has 0 atom stereocenters. The minimum atomic E-state index is -0.673. The number of amides is 1. The molecule has 1 aromatic rings. The molecule has 6 heteroatoms. The van der Waals surface area contributed by atoms with E-state index in [4.69, 9.17) is 4.74 Å². The lowest BCUT2D eigenvalue weighted by Crippen LogP contribution is -2.15. The van der Waals surface area contributed by atoms with Crippen LogP contribution < -0.4 is 5.32 Å². The van der Waals surface area contributed by atoms with E-state index >= 15 is 0 Å². The third-order valence-electron chi connectivity index (χ3n) is 3.88. The van der Waals surface area contributed by atoms with Gasteiger partial charge in [-0.1, -0.05) is 51.9 Å². The number of carbonyl (C=O) groups excluding carboxylic acids is 2. The molecule has 0 bridgehead atoms. The maximum atomic E-state index is 11.7. The number of methoxy groups -OCH3 is 1. The second-order valence-corrected chi connectivity index (χ2v) is 5.96. The number of anilines is 1. The van der Waals surface area contributed by atoms with Gasteiger partial charge in [0.15, 0.2) is 0 Å². The Morgan fingerprint density at radius 1 is 1.04 bits per heavy atom. The Hall–Kier alpha value is -2.24. The van der Waals surface area contributed by atoms with Crippen molar-refractivity contribution < 1.29 is 24.2 Å². The highest BCUT2D eigenvalue weighted by Crippen LogP contribution is 2.22. The van der Waals surface area contributed by atoms with Crippen LogP contribution in [0.2, 0.25) is 0 Å². The Bertz CT molecular complexity index is 545. The fraction of sp³-hybridized carbons (Fsp3) is 0.579. The molecule has 2 N–H and O–H groups in total. The van der Waals surface area contributed by atoms with Gasteiger partial charge in [0, 0.05) is 5.69 Å². The smallest absolute Gasteiger partial charge is 0.411 e. The number of rotatable bonds is 11. The topological polar surface area (TPSA) is 84.9 Å². The molecule has 25 heavy (non-hydrogen) atoms. The molecule has 0 radical (unpaired) electrons. The molecular formula is C19H29NO5. The first-order valence-corrected chi connectivity index (χ1v) is 8.93. The lowest BCUT2D eigenvalue weighted by atomic mass is 10.1. The van der Waals surface area contributed by atoms with Crippen LogP contribution >= 0.6 is 0 Å². The Kier molecular flexibility index (Phi) is 10.1. The summed E-state index contributed by atoms with van der Waals surface area (Å²) in [5.41, 5.74) is 0.350. The van der Waals surface area contributed by atoms with E-state index in [0.717, 1.165) is 19.3 Å². The normalized spacial score (nSPS) is 10.3. The van der Waals surface area contributed by atoms with E-state index in [9.17, 15) is 14.7 Å². The number of esters is 1. The van der Waals surface area contributed by atoms with Gasteiger partial charge < -0.3 is 14.6 Å². The Morgan fingerprint density at radius 2 is 1.68 bits per heavy atom. The van der Waals surface area contributed by atoms with Crippen LogP contribution in [0.15, 0.2) is 18.2 Å². The third-order valence-corrected chi connectivity index (χ3v) is 3.88. The summed E-state index contributed by atoms with van der Waals surface area (Å²) in [5, 5.41) is 12.2. The number of benzene rings is 1. The van der Waals surface area contributed by atoms with E-state index in [1.807, 2.05) is 0 Å². The predicted molar refractivity (Wildman–Crippen MR) is 97.0 cm³/mol. The fourth-order valence-electron chi connectivity index (χ4n) is 2.44. The van der Waals surface area contributed by atoms with E-state index < -0.39 is 12.1 Å². The molecule has 0 heterocycles. The number of phenols is 1. The number of hydrogen-bond acceptors (Lipinski definition) is 5. The highest BCUT2D eigenvalue weighted by Gasteiger charge is 2.13. The first-order valence-electron chi connectivity index (χ1n) is 8.93. The molecule has 6 nitrogen and oxygen atoms in total. The number of aromatic hydroxyl groups is 1. The molecule has 0 aliphatic rings. The molecule has 0 spiro atoms. The monoisotopic (exact) mass is 351 g/mol. The van der Waals surface area contributed by atoms with Gasteiger partial charge in [-0.05, 0) is 24.6 Å². The van der Waals surface area contributed by atoms with Crippen molar-refractivity contribution in [1.29, 1.82) is 0 Å². The van der Waals surface area contributed by atoms with Gasteiger partial charge in [-0.15, -0.1) is 0 Å². The van der Waals surface area contributed by atoms with Crippen LogP contribution in [0.3, 0.4) is 0 Å². The molecule has 1 amide bonds. The highest BCUT2D eigenvalue weighted by atomic mass is 16.5. The predicted octanol–water partition coefficient (Wildman–Crippen LogP) is 4.87. The van der Waals surface area contributed by atoms with E-state index in [0.29, 0.717) is 12.3 Å². The molecule has 0 fully saturated rings. The molecule has 0 aromatic heterocycles. The second-order valence-electron chi connectivity index (χ2n) is 5.96. The van der Waals surface area contributed by atoms with Crippen molar-refractivity contribution in [2.24, 2.45) is 0 Å². The maximum absolute atomic E-state index is 11.7.